The summed E-state index contributed by atoms with van der Waals surface area (Å²) in [7, 11) is 0. The molecule has 24 heavy (non-hydrogen) atoms. The second-order valence-electron chi connectivity index (χ2n) is 6.27. The Balaban J connectivity index is 1.48. The number of likely N-dealkylation sites (tertiary alicyclic amines) is 1. The van der Waals surface area contributed by atoms with Crippen molar-refractivity contribution in [2.24, 2.45) is 0 Å². The number of carbonyl (C=O) groups is 1. The van der Waals surface area contributed by atoms with Gasteiger partial charge in [0.1, 0.15) is 0 Å². The van der Waals surface area contributed by atoms with Crippen molar-refractivity contribution in [2.75, 3.05) is 13.3 Å². The molecule has 1 fully saturated rings. The van der Waals surface area contributed by atoms with Crippen LogP contribution in [-0.4, -0.2) is 40.0 Å². The largest absolute Gasteiger partial charge is 0.454 e. The number of aromatic nitrogens is 2. The first-order valence-electron chi connectivity index (χ1n) is 8.49. The number of hydrogen-bond donors (Lipinski definition) is 0. The van der Waals surface area contributed by atoms with Crippen LogP contribution in [0.4, 0.5) is 0 Å². The van der Waals surface area contributed by atoms with Crippen molar-refractivity contribution in [1.82, 2.24) is 14.7 Å². The number of carbonyl (C=O) groups excluding carboxylic acids is 1. The highest BCUT2D eigenvalue weighted by Crippen LogP contribution is 2.33. The number of benzene rings is 1. The second kappa shape index (κ2) is 6.55. The fraction of sp³-hybridized carbons (Fsp3) is 0.444. The van der Waals surface area contributed by atoms with Gasteiger partial charge in [-0.05, 0) is 49.9 Å². The summed E-state index contributed by atoms with van der Waals surface area (Å²) in [6, 6.07) is 7.63. The van der Waals surface area contributed by atoms with Crippen LogP contribution >= 0.6 is 0 Å². The molecule has 2 aromatic rings. The Morgan fingerprint density at radius 1 is 1.25 bits per heavy atom. The van der Waals surface area contributed by atoms with Crippen LogP contribution in [0.15, 0.2) is 36.7 Å². The Kier molecular flexibility index (Phi) is 4.11. The van der Waals surface area contributed by atoms with Crippen LogP contribution in [0.2, 0.25) is 0 Å². The Labute approximate surface area is 141 Å². The molecule has 6 heteroatoms. The minimum Gasteiger partial charge on any atom is -0.454 e. The minimum absolute atomic E-state index is 0.0819. The van der Waals surface area contributed by atoms with Gasteiger partial charge in [0.25, 0.3) is 5.91 Å². The van der Waals surface area contributed by atoms with Gasteiger partial charge in [0, 0.05) is 37.1 Å². The molecule has 1 aromatic heterocycles. The number of nitrogens with zero attached hydrogens (tertiary/aromatic N) is 3. The maximum absolute atomic E-state index is 13.0. The first-order chi connectivity index (χ1) is 11.8. The molecule has 1 amide bonds. The van der Waals surface area contributed by atoms with Gasteiger partial charge >= 0.3 is 0 Å². The van der Waals surface area contributed by atoms with E-state index in [0.29, 0.717) is 17.1 Å². The molecule has 2 aliphatic heterocycles. The van der Waals surface area contributed by atoms with Gasteiger partial charge in [0.15, 0.2) is 11.5 Å². The van der Waals surface area contributed by atoms with Crippen molar-refractivity contribution in [3.63, 3.8) is 0 Å². The molecule has 126 valence electrons. The Bertz CT molecular complexity index is 714. The number of rotatable bonds is 4. The summed E-state index contributed by atoms with van der Waals surface area (Å²) < 4.78 is 12.6. The normalized spacial score (nSPS) is 19.5. The number of fused-ring (bicyclic) bond motifs is 1. The van der Waals surface area contributed by atoms with Crippen LogP contribution in [0.5, 0.6) is 11.5 Å². The standard InChI is InChI=1S/C18H21N3O3/c22-18(14-5-6-16-17(12-14)24-13-23-16)21-10-2-1-4-15(21)7-11-20-9-3-8-19-20/h3,5-6,8-9,12,15H,1-2,4,7,10-11,13H2/t15-/m0/s1. The Morgan fingerprint density at radius 2 is 2.17 bits per heavy atom. The third kappa shape index (κ3) is 2.96. The van der Waals surface area contributed by atoms with Crippen LogP contribution in [0.3, 0.4) is 0 Å². The lowest BCUT2D eigenvalue weighted by Crippen LogP contribution is -2.44. The minimum atomic E-state index is 0.0819. The lowest BCUT2D eigenvalue weighted by molar-refractivity contribution is 0.0593. The molecule has 0 bridgehead atoms. The number of piperidine rings is 1. The number of amides is 1. The van der Waals surface area contributed by atoms with Gasteiger partial charge in [-0.15, -0.1) is 0 Å². The van der Waals surface area contributed by atoms with Crippen LogP contribution in [0.25, 0.3) is 0 Å². The third-order valence-corrected chi connectivity index (χ3v) is 4.76. The topological polar surface area (TPSA) is 56.6 Å². The summed E-state index contributed by atoms with van der Waals surface area (Å²) in [6.45, 7) is 1.88. The lowest BCUT2D eigenvalue weighted by Gasteiger charge is -2.36. The summed E-state index contributed by atoms with van der Waals surface area (Å²) in [5.41, 5.74) is 0.672. The van der Waals surface area contributed by atoms with E-state index in [0.717, 1.165) is 32.4 Å². The summed E-state index contributed by atoms with van der Waals surface area (Å²) >= 11 is 0. The van der Waals surface area contributed by atoms with E-state index in [4.69, 9.17) is 9.47 Å². The molecule has 0 spiro atoms. The van der Waals surface area contributed by atoms with Crippen molar-refractivity contribution >= 4 is 5.91 Å². The van der Waals surface area contributed by atoms with Crippen molar-refractivity contribution < 1.29 is 14.3 Å². The first-order valence-corrected chi connectivity index (χ1v) is 8.49. The molecule has 3 heterocycles. The Morgan fingerprint density at radius 3 is 3.04 bits per heavy atom. The zero-order valence-electron chi connectivity index (χ0n) is 13.6. The number of ether oxygens (including phenoxy) is 2. The zero-order chi connectivity index (χ0) is 16.4. The lowest BCUT2D eigenvalue weighted by atomic mass is 9.98. The first kappa shape index (κ1) is 15.1. The molecule has 1 aromatic carbocycles. The molecule has 1 saturated heterocycles. The predicted octanol–water partition coefficient (Wildman–Crippen LogP) is 2.70. The van der Waals surface area contributed by atoms with Gasteiger partial charge in [-0.2, -0.15) is 5.10 Å². The highest BCUT2D eigenvalue weighted by atomic mass is 16.7. The molecule has 6 nitrogen and oxygen atoms in total. The molecule has 2 aliphatic rings. The third-order valence-electron chi connectivity index (χ3n) is 4.76. The van der Waals surface area contributed by atoms with Crippen molar-refractivity contribution in [1.29, 1.82) is 0 Å². The quantitative estimate of drug-likeness (QED) is 0.866. The zero-order valence-corrected chi connectivity index (χ0v) is 13.6. The number of aryl methyl sites for hydroxylation is 1. The van der Waals surface area contributed by atoms with Gasteiger partial charge in [-0.1, -0.05) is 0 Å². The molecule has 0 unspecified atom stereocenters. The van der Waals surface area contributed by atoms with E-state index in [9.17, 15) is 4.79 Å². The van der Waals surface area contributed by atoms with Crippen molar-refractivity contribution in [2.45, 2.75) is 38.3 Å². The van der Waals surface area contributed by atoms with Gasteiger partial charge in [-0.3, -0.25) is 9.48 Å². The summed E-state index contributed by atoms with van der Waals surface area (Å²) in [5.74, 6) is 1.45. The van der Waals surface area contributed by atoms with Crippen LogP contribution in [0.1, 0.15) is 36.0 Å². The van der Waals surface area contributed by atoms with Crippen LogP contribution in [-0.2, 0) is 6.54 Å². The van der Waals surface area contributed by atoms with Crippen molar-refractivity contribution in [3.8, 4) is 11.5 Å². The van der Waals surface area contributed by atoms with E-state index in [2.05, 4.69) is 5.10 Å². The molecular weight excluding hydrogens is 306 g/mol. The maximum Gasteiger partial charge on any atom is 0.254 e. The molecule has 0 radical (unpaired) electrons. The highest BCUT2D eigenvalue weighted by Gasteiger charge is 2.28. The fourth-order valence-electron chi connectivity index (χ4n) is 3.48. The molecule has 1 atom stereocenters. The fourth-order valence-corrected chi connectivity index (χ4v) is 3.48. The molecule has 0 aliphatic carbocycles. The number of hydrogen-bond acceptors (Lipinski definition) is 4. The average molecular weight is 327 g/mol. The highest BCUT2D eigenvalue weighted by molar-refractivity contribution is 5.95. The second-order valence-corrected chi connectivity index (χ2v) is 6.27. The van der Waals surface area contributed by atoms with E-state index >= 15 is 0 Å². The average Bonchev–Trinajstić information content (AvgIpc) is 3.30. The maximum atomic E-state index is 13.0. The smallest absolute Gasteiger partial charge is 0.254 e. The molecule has 4 rings (SSSR count). The van der Waals surface area contributed by atoms with E-state index in [1.807, 2.05) is 34.0 Å². The molecule has 0 saturated carbocycles. The molecule has 0 N–H and O–H groups in total. The van der Waals surface area contributed by atoms with Crippen LogP contribution in [0, 0.1) is 0 Å². The summed E-state index contributed by atoms with van der Waals surface area (Å²) in [5, 5.41) is 4.25. The van der Waals surface area contributed by atoms with Crippen molar-refractivity contribution in [3.05, 3.63) is 42.2 Å². The van der Waals surface area contributed by atoms with E-state index in [-0.39, 0.29) is 18.7 Å². The van der Waals surface area contributed by atoms with E-state index < -0.39 is 0 Å². The van der Waals surface area contributed by atoms with Gasteiger partial charge in [0.2, 0.25) is 6.79 Å². The summed E-state index contributed by atoms with van der Waals surface area (Å²) in [4.78, 5) is 15.0. The monoisotopic (exact) mass is 327 g/mol. The van der Waals surface area contributed by atoms with Crippen LogP contribution < -0.4 is 9.47 Å². The van der Waals surface area contributed by atoms with Gasteiger partial charge < -0.3 is 14.4 Å². The Hall–Kier alpha value is -2.50. The van der Waals surface area contributed by atoms with E-state index in [1.165, 1.54) is 6.42 Å². The SMILES string of the molecule is O=C(c1ccc2c(c1)OCO2)N1CCCC[C@H]1CCn1cccn1. The molecular formula is C18H21N3O3. The predicted molar refractivity (Wildman–Crippen MR) is 88.1 cm³/mol. The van der Waals surface area contributed by atoms with Gasteiger partial charge in [-0.25, -0.2) is 0 Å². The van der Waals surface area contributed by atoms with Gasteiger partial charge in [0.05, 0.1) is 0 Å². The summed E-state index contributed by atoms with van der Waals surface area (Å²) in [6.07, 6.45) is 7.97. The van der Waals surface area contributed by atoms with E-state index in [1.54, 1.807) is 12.3 Å².